The number of amides is 1. The lowest BCUT2D eigenvalue weighted by atomic mass is 10.0. The maximum atomic E-state index is 12.7. The predicted molar refractivity (Wildman–Crippen MR) is 117 cm³/mol. The van der Waals surface area contributed by atoms with Crippen LogP contribution in [-0.4, -0.2) is 43.2 Å². The Morgan fingerprint density at radius 2 is 1.77 bits per heavy atom. The lowest BCUT2D eigenvalue weighted by molar-refractivity contribution is -0.132. The van der Waals surface area contributed by atoms with Crippen molar-refractivity contribution in [3.8, 4) is 17.2 Å². The van der Waals surface area contributed by atoms with E-state index in [-0.39, 0.29) is 12.0 Å². The Balaban J connectivity index is 1.24. The maximum Gasteiger partial charge on any atom is 0.222 e. The molecule has 0 atom stereocenters. The molecule has 160 valence electrons. The van der Waals surface area contributed by atoms with E-state index in [0.717, 1.165) is 55.2 Å². The van der Waals surface area contributed by atoms with Crippen LogP contribution in [-0.2, 0) is 11.2 Å². The average molecular weight is 410 g/mol. The molecule has 1 amide bonds. The summed E-state index contributed by atoms with van der Waals surface area (Å²) in [6, 6.07) is 12.2. The van der Waals surface area contributed by atoms with Gasteiger partial charge >= 0.3 is 0 Å². The van der Waals surface area contributed by atoms with Crippen LogP contribution in [0.3, 0.4) is 0 Å². The van der Waals surface area contributed by atoms with E-state index >= 15 is 0 Å². The first-order chi connectivity index (χ1) is 14.6. The first-order valence-corrected chi connectivity index (χ1v) is 11.0. The van der Waals surface area contributed by atoms with Gasteiger partial charge in [0.1, 0.15) is 11.9 Å². The van der Waals surface area contributed by atoms with Crippen LogP contribution in [0.1, 0.15) is 42.4 Å². The van der Waals surface area contributed by atoms with Gasteiger partial charge in [-0.2, -0.15) is 0 Å². The smallest absolute Gasteiger partial charge is 0.222 e. The number of hydrogen-bond acceptors (Lipinski definition) is 4. The number of aryl methyl sites for hydroxylation is 3. The highest BCUT2D eigenvalue weighted by atomic mass is 16.5. The second kappa shape index (κ2) is 9.41. The summed E-state index contributed by atoms with van der Waals surface area (Å²) in [6.07, 6.45) is 4.06. The molecule has 0 aromatic heterocycles. The molecule has 1 fully saturated rings. The third-order valence-corrected chi connectivity index (χ3v) is 6.02. The predicted octanol–water partition coefficient (Wildman–Crippen LogP) is 4.47. The highest BCUT2D eigenvalue weighted by Crippen LogP contribution is 2.31. The van der Waals surface area contributed by atoms with Gasteiger partial charge in [-0.05, 0) is 61.2 Å². The number of piperidine rings is 1. The molecule has 2 aliphatic rings. The minimum Gasteiger partial charge on any atom is -0.490 e. The largest absolute Gasteiger partial charge is 0.490 e. The quantitative estimate of drug-likeness (QED) is 0.731. The molecule has 5 heteroatoms. The lowest BCUT2D eigenvalue weighted by Gasteiger charge is -2.32. The molecule has 0 saturated carbocycles. The van der Waals surface area contributed by atoms with Crippen LogP contribution < -0.4 is 14.2 Å². The molecule has 30 heavy (non-hydrogen) atoms. The van der Waals surface area contributed by atoms with Crippen LogP contribution in [0.2, 0.25) is 0 Å². The van der Waals surface area contributed by atoms with E-state index in [9.17, 15) is 4.79 Å². The van der Waals surface area contributed by atoms with Crippen LogP contribution in [0.15, 0.2) is 36.4 Å². The zero-order valence-electron chi connectivity index (χ0n) is 18.0. The molecule has 0 bridgehead atoms. The van der Waals surface area contributed by atoms with Crippen molar-refractivity contribution in [1.82, 2.24) is 4.90 Å². The standard InChI is InChI=1S/C25H31NO4/c1-18-4-7-22(16-19(18)2)30-21-10-12-26(13-11-21)25(27)9-6-20-5-8-23-24(17-20)29-15-3-14-28-23/h4-5,7-8,16-17,21H,3,6,9-15H2,1-2H3. The fourth-order valence-corrected chi connectivity index (χ4v) is 3.98. The molecule has 2 aromatic carbocycles. The van der Waals surface area contributed by atoms with Gasteiger partial charge in [0.05, 0.1) is 13.2 Å². The third kappa shape index (κ3) is 5.07. The summed E-state index contributed by atoms with van der Waals surface area (Å²) in [5.41, 5.74) is 3.63. The lowest BCUT2D eigenvalue weighted by Crippen LogP contribution is -2.41. The number of carbonyl (C=O) groups excluding carboxylic acids is 1. The van der Waals surface area contributed by atoms with Crippen LogP contribution in [0.5, 0.6) is 17.2 Å². The molecule has 5 nitrogen and oxygen atoms in total. The Labute approximate surface area is 178 Å². The van der Waals surface area contributed by atoms with Gasteiger partial charge in [-0.3, -0.25) is 4.79 Å². The van der Waals surface area contributed by atoms with Crippen molar-refractivity contribution in [1.29, 1.82) is 0 Å². The summed E-state index contributed by atoms with van der Waals surface area (Å²) in [7, 11) is 0. The topological polar surface area (TPSA) is 48.0 Å². The fourth-order valence-electron chi connectivity index (χ4n) is 3.98. The molecular weight excluding hydrogens is 378 g/mol. The van der Waals surface area contributed by atoms with Crippen LogP contribution in [0.25, 0.3) is 0 Å². The van der Waals surface area contributed by atoms with Crippen molar-refractivity contribution < 1.29 is 19.0 Å². The first-order valence-electron chi connectivity index (χ1n) is 11.0. The van der Waals surface area contributed by atoms with E-state index in [4.69, 9.17) is 14.2 Å². The summed E-state index contributed by atoms with van der Waals surface area (Å²) < 4.78 is 17.6. The number of fused-ring (bicyclic) bond motifs is 1. The summed E-state index contributed by atoms with van der Waals surface area (Å²) in [5, 5.41) is 0. The monoisotopic (exact) mass is 409 g/mol. The number of carbonyl (C=O) groups is 1. The van der Waals surface area contributed by atoms with Gasteiger partial charge in [-0.15, -0.1) is 0 Å². The van der Waals surface area contributed by atoms with Crippen LogP contribution in [0.4, 0.5) is 0 Å². The molecule has 2 aromatic rings. The molecule has 0 N–H and O–H groups in total. The summed E-state index contributed by atoms with van der Waals surface area (Å²) in [5.74, 6) is 2.74. The minimum absolute atomic E-state index is 0.179. The van der Waals surface area contributed by atoms with Crippen molar-refractivity contribution in [2.45, 2.75) is 52.1 Å². The van der Waals surface area contributed by atoms with Gasteiger partial charge in [-0.1, -0.05) is 12.1 Å². The van der Waals surface area contributed by atoms with E-state index in [2.05, 4.69) is 26.0 Å². The van der Waals surface area contributed by atoms with Gasteiger partial charge in [0.15, 0.2) is 11.5 Å². The van der Waals surface area contributed by atoms with E-state index < -0.39 is 0 Å². The fraction of sp³-hybridized carbons (Fsp3) is 0.480. The van der Waals surface area contributed by atoms with Crippen molar-refractivity contribution in [2.75, 3.05) is 26.3 Å². The number of benzene rings is 2. The minimum atomic E-state index is 0.179. The van der Waals surface area contributed by atoms with E-state index in [0.29, 0.717) is 26.1 Å². The molecule has 0 radical (unpaired) electrons. The van der Waals surface area contributed by atoms with Gasteiger partial charge < -0.3 is 19.1 Å². The van der Waals surface area contributed by atoms with E-state index in [1.807, 2.05) is 29.2 Å². The van der Waals surface area contributed by atoms with Gasteiger partial charge in [0.2, 0.25) is 5.91 Å². The Hall–Kier alpha value is -2.69. The van der Waals surface area contributed by atoms with Crippen LogP contribution >= 0.6 is 0 Å². The number of hydrogen-bond donors (Lipinski definition) is 0. The molecule has 2 heterocycles. The number of rotatable bonds is 5. The first kappa shape index (κ1) is 20.6. The van der Waals surface area contributed by atoms with E-state index in [1.165, 1.54) is 11.1 Å². The van der Waals surface area contributed by atoms with Crippen LogP contribution in [0, 0.1) is 13.8 Å². The maximum absolute atomic E-state index is 12.7. The highest BCUT2D eigenvalue weighted by molar-refractivity contribution is 5.76. The molecule has 0 spiro atoms. The zero-order valence-corrected chi connectivity index (χ0v) is 18.0. The van der Waals surface area contributed by atoms with Gasteiger partial charge in [0, 0.05) is 38.8 Å². The highest BCUT2D eigenvalue weighted by Gasteiger charge is 2.24. The summed E-state index contributed by atoms with van der Waals surface area (Å²) in [6.45, 7) is 7.09. The molecule has 4 rings (SSSR count). The van der Waals surface area contributed by atoms with Crippen molar-refractivity contribution in [2.24, 2.45) is 0 Å². The Morgan fingerprint density at radius 1 is 1.00 bits per heavy atom. The summed E-state index contributed by atoms with van der Waals surface area (Å²) in [4.78, 5) is 14.7. The number of ether oxygens (including phenoxy) is 3. The number of likely N-dealkylation sites (tertiary alicyclic amines) is 1. The molecule has 2 aliphatic heterocycles. The average Bonchev–Trinajstić information content (AvgIpc) is 3.00. The second-order valence-electron chi connectivity index (χ2n) is 8.28. The third-order valence-electron chi connectivity index (χ3n) is 6.02. The molecule has 0 aliphatic carbocycles. The normalized spacial score (nSPS) is 16.8. The number of nitrogens with zero attached hydrogens (tertiary/aromatic N) is 1. The van der Waals surface area contributed by atoms with E-state index in [1.54, 1.807) is 0 Å². The SMILES string of the molecule is Cc1ccc(OC2CCN(C(=O)CCc3ccc4c(c3)OCCCO4)CC2)cc1C. The Bertz CT molecular complexity index is 887. The molecular formula is C25H31NO4. The zero-order chi connectivity index (χ0) is 20.9. The molecule has 1 saturated heterocycles. The van der Waals surface area contributed by atoms with Gasteiger partial charge in [0.25, 0.3) is 0 Å². The Kier molecular flexibility index (Phi) is 6.46. The van der Waals surface area contributed by atoms with Crippen molar-refractivity contribution >= 4 is 5.91 Å². The second-order valence-corrected chi connectivity index (χ2v) is 8.28. The van der Waals surface area contributed by atoms with Gasteiger partial charge in [-0.25, -0.2) is 0 Å². The summed E-state index contributed by atoms with van der Waals surface area (Å²) >= 11 is 0. The Morgan fingerprint density at radius 3 is 2.53 bits per heavy atom. The molecule has 0 unspecified atom stereocenters. The van der Waals surface area contributed by atoms with Crippen molar-refractivity contribution in [3.05, 3.63) is 53.1 Å². The van der Waals surface area contributed by atoms with Crippen molar-refractivity contribution in [3.63, 3.8) is 0 Å².